The van der Waals surface area contributed by atoms with E-state index in [2.05, 4.69) is 27.3 Å². The van der Waals surface area contributed by atoms with Crippen LogP contribution < -0.4 is 21.7 Å². The second kappa shape index (κ2) is 8.89. The Bertz CT molecular complexity index is 1200. The van der Waals surface area contributed by atoms with E-state index < -0.39 is 0 Å². The van der Waals surface area contributed by atoms with Gasteiger partial charge in [-0.1, -0.05) is 6.07 Å². The molecule has 0 bridgehead atoms. The Kier molecular flexibility index (Phi) is 5.94. The number of nitrogen functional groups attached to an aromatic ring is 1. The third-order valence-corrected chi connectivity index (χ3v) is 7.86. The first-order chi connectivity index (χ1) is 15.9. The predicted molar refractivity (Wildman–Crippen MR) is 132 cm³/mol. The summed E-state index contributed by atoms with van der Waals surface area (Å²) in [6, 6.07) is 8.11. The maximum atomic E-state index is 13.0. The molecule has 3 aromatic heterocycles. The van der Waals surface area contributed by atoms with Gasteiger partial charge < -0.3 is 26.4 Å². The number of amides is 1. The number of methoxy groups -OCH3 is 1. The third-order valence-electron chi connectivity index (χ3n) is 6.74. The first-order valence-electron chi connectivity index (χ1n) is 11.4. The normalized spacial score (nSPS) is 22.9. The Hall–Kier alpha value is -2.75. The van der Waals surface area contributed by atoms with E-state index in [1.54, 1.807) is 7.11 Å². The highest BCUT2D eigenvalue weighted by Gasteiger charge is 2.29. The second-order valence-electron chi connectivity index (χ2n) is 9.01. The van der Waals surface area contributed by atoms with Crippen LogP contribution >= 0.6 is 11.3 Å². The van der Waals surface area contributed by atoms with Gasteiger partial charge in [0.25, 0.3) is 5.91 Å². The molecular weight excluding hydrogens is 436 g/mol. The van der Waals surface area contributed by atoms with Gasteiger partial charge in [-0.25, -0.2) is 9.97 Å². The molecule has 8 nitrogen and oxygen atoms in total. The van der Waals surface area contributed by atoms with E-state index in [-0.39, 0.29) is 24.1 Å². The van der Waals surface area contributed by atoms with Gasteiger partial charge in [0.1, 0.15) is 15.5 Å². The molecule has 0 saturated carbocycles. The fourth-order valence-corrected chi connectivity index (χ4v) is 5.91. The molecule has 33 heavy (non-hydrogen) atoms. The van der Waals surface area contributed by atoms with Gasteiger partial charge in [0, 0.05) is 49.1 Å². The summed E-state index contributed by atoms with van der Waals surface area (Å²) in [4.78, 5) is 26.0. The molecule has 3 atom stereocenters. The lowest BCUT2D eigenvalue weighted by Crippen LogP contribution is -2.52. The first kappa shape index (κ1) is 22.1. The topological polar surface area (TPSA) is 119 Å². The summed E-state index contributed by atoms with van der Waals surface area (Å²) in [5.74, 6) is 0.850. The number of rotatable bonds is 4. The summed E-state index contributed by atoms with van der Waals surface area (Å²) in [6.07, 6.45) is 3.46. The van der Waals surface area contributed by atoms with E-state index in [1.165, 1.54) is 16.9 Å². The van der Waals surface area contributed by atoms with Crippen molar-refractivity contribution in [2.75, 3.05) is 30.8 Å². The molecule has 1 aliphatic heterocycles. The Labute approximate surface area is 197 Å². The monoisotopic (exact) mass is 466 g/mol. The molecule has 5 N–H and O–H groups in total. The van der Waals surface area contributed by atoms with Crippen LogP contribution in [0.5, 0.6) is 0 Å². The maximum Gasteiger partial charge on any atom is 0.263 e. The van der Waals surface area contributed by atoms with Gasteiger partial charge in [-0.2, -0.15) is 0 Å². The number of piperidine rings is 1. The minimum Gasteiger partial charge on any atom is -0.397 e. The van der Waals surface area contributed by atoms with E-state index in [4.69, 9.17) is 21.2 Å². The van der Waals surface area contributed by atoms with Crippen LogP contribution in [0, 0.1) is 6.92 Å². The number of nitrogens with one attached hydrogen (secondary N) is 1. The zero-order valence-electron chi connectivity index (χ0n) is 19.0. The van der Waals surface area contributed by atoms with Crippen molar-refractivity contribution < 1.29 is 9.53 Å². The number of pyridine rings is 2. The Morgan fingerprint density at radius 1 is 1.24 bits per heavy atom. The smallest absolute Gasteiger partial charge is 0.263 e. The minimum absolute atomic E-state index is 0.0124. The lowest BCUT2D eigenvalue weighted by atomic mass is 9.91. The number of hydrogen-bond acceptors (Lipinski definition) is 8. The van der Waals surface area contributed by atoms with Crippen LogP contribution in [0.3, 0.4) is 0 Å². The summed E-state index contributed by atoms with van der Waals surface area (Å²) in [5.41, 5.74) is 16.3. The minimum atomic E-state index is -0.124. The van der Waals surface area contributed by atoms with Gasteiger partial charge in [0.05, 0.1) is 11.8 Å². The Balaban J connectivity index is 1.26. The maximum absolute atomic E-state index is 13.0. The lowest BCUT2D eigenvalue weighted by molar-refractivity contribution is 0.0663. The number of carbonyl (C=O) groups is 1. The van der Waals surface area contributed by atoms with Crippen LogP contribution in [0.25, 0.3) is 10.2 Å². The summed E-state index contributed by atoms with van der Waals surface area (Å²) in [6.45, 7) is 3.57. The highest BCUT2D eigenvalue weighted by molar-refractivity contribution is 7.21. The fourth-order valence-electron chi connectivity index (χ4n) is 4.87. The van der Waals surface area contributed by atoms with Gasteiger partial charge in [-0.15, -0.1) is 11.3 Å². The molecule has 1 amide bonds. The molecule has 0 aromatic carbocycles. The van der Waals surface area contributed by atoms with Gasteiger partial charge >= 0.3 is 0 Å². The van der Waals surface area contributed by atoms with Crippen molar-refractivity contribution in [2.24, 2.45) is 5.73 Å². The van der Waals surface area contributed by atoms with Crippen molar-refractivity contribution >= 4 is 39.0 Å². The van der Waals surface area contributed by atoms with Crippen LogP contribution in [0.4, 0.5) is 11.5 Å². The summed E-state index contributed by atoms with van der Waals surface area (Å²) >= 11 is 1.35. The molecule has 4 heterocycles. The second-order valence-corrected chi connectivity index (χ2v) is 10.0. The van der Waals surface area contributed by atoms with Crippen molar-refractivity contribution in [3.8, 4) is 0 Å². The van der Waals surface area contributed by atoms with Crippen LogP contribution in [0.1, 0.15) is 39.5 Å². The molecule has 1 saturated heterocycles. The van der Waals surface area contributed by atoms with Crippen molar-refractivity contribution in [3.05, 3.63) is 46.1 Å². The van der Waals surface area contributed by atoms with Crippen molar-refractivity contribution in [3.63, 3.8) is 0 Å². The highest BCUT2D eigenvalue weighted by Crippen LogP contribution is 2.33. The van der Waals surface area contributed by atoms with Crippen LogP contribution in [-0.2, 0) is 17.6 Å². The molecule has 0 unspecified atom stereocenters. The largest absolute Gasteiger partial charge is 0.397 e. The number of carbonyl (C=O) groups excluding carboxylic acids is 1. The predicted octanol–water partition coefficient (Wildman–Crippen LogP) is 2.42. The molecule has 5 rings (SSSR count). The fraction of sp³-hybridized carbons (Fsp3) is 0.458. The Morgan fingerprint density at radius 2 is 2.09 bits per heavy atom. The zero-order chi connectivity index (χ0) is 23.1. The number of thiophene rings is 1. The van der Waals surface area contributed by atoms with Crippen LogP contribution in [0.15, 0.2) is 24.3 Å². The molecule has 0 spiro atoms. The average Bonchev–Trinajstić information content (AvgIpc) is 3.14. The first-order valence-corrected chi connectivity index (χ1v) is 12.2. The number of hydrogen-bond donors (Lipinski definition) is 3. The number of aromatic nitrogens is 2. The number of anilines is 2. The molecule has 174 valence electrons. The molecule has 9 heteroatoms. The van der Waals surface area contributed by atoms with E-state index in [1.807, 2.05) is 19.1 Å². The third kappa shape index (κ3) is 4.28. The van der Waals surface area contributed by atoms with Gasteiger partial charge in [-0.05, 0) is 56.4 Å². The van der Waals surface area contributed by atoms with Gasteiger partial charge in [-0.3, -0.25) is 4.79 Å². The zero-order valence-corrected chi connectivity index (χ0v) is 19.8. The van der Waals surface area contributed by atoms with Gasteiger partial charge in [0.15, 0.2) is 0 Å². The molecule has 3 aromatic rings. The van der Waals surface area contributed by atoms with Crippen molar-refractivity contribution in [1.82, 2.24) is 15.3 Å². The summed E-state index contributed by atoms with van der Waals surface area (Å²) < 4.78 is 5.47. The van der Waals surface area contributed by atoms with E-state index in [0.29, 0.717) is 10.6 Å². The number of nitrogens with zero attached hydrogens (tertiary/aromatic N) is 3. The number of ether oxygens (including phenoxy) is 1. The van der Waals surface area contributed by atoms with Gasteiger partial charge in [0.2, 0.25) is 0 Å². The van der Waals surface area contributed by atoms with Crippen molar-refractivity contribution in [1.29, 1.82) is 0 Å². The molecule has 1 aliphatic carbocycles. The quantitative estimate of drug-likeness (QED) is 0.540. The van der Waals surface area contributed by atoms with Crippen LogP contribution in [0.2, 0.25) is 0 Å². The molecule has 0 radical (unpaired) electrons. The number of aryl methyl sites for hydroxylation is 2. The van der Waals surface area contributed by atoms with E-state index in [0.717, 1.165) is 66.2 Å². The molecule has 1 fully saturated rings. The van der Waals surface area contributed by atoms with E-state index in [9.17, 15) is 4.79 Å². The number of nitrogens with two attached hydrogens (primary N) is 2. The summed E-state index contributed by atoms with van der Waals surface area (Å²) in [7, 11) is 1.72. The number of fused-ring (bicyclic) bond motifs is 2. The Morgan fingerprint density at radius 3 is 2.88 bits per heavy atom. The standard InChI is InChI=1S/C24H30N6O2S/c1-13-3-6-16-21(26)22(33-24(16)27-13)23(31)28-15-5-7-18-14(11-15)4-8-20(29-18)30-10-9-19(32-2)17(25)12-30/h3-4,6,8,15,17,19H,5,7,9-12,25-26H2,1-2H3,(H,28,31)/t15-,17+,19+/m0/s1. The molecular formula is C24H30N6O2S. The molecule has 2 aliphatic rings. The highest BCUT2D eigenvalue weighted by atomic mass is 32.1. The van der Waals surface area contributed by atoms with Crippen LogP contribution in [-0.4, -0.2) is 54.3 Å². The van der Waals surface area contributed by atoms with Crippen molar-refractivity contribution in [2.45, 2.75) is 50.8 Å². The lowest BCUT2D eigenvalue weighted by Gasteiger charge is -2.37. The summed E-state index contributed by atoms with van der Waals surface area (Å²) in [5, 5.41) is 4.03. The van der Waals surface area contributed by atoms with E-state index >= 15 is 0 Å². The SMILES string of the molecule is CO[C@@H]1CCN(c2ccc3c(n2)CC[C@H](NC(=O)c2sc4nc(C)ccc4c2N)C3)C[C@H]1N. The average molecular weight is 467 g/mol.